The highest BCUT2D eigenvalue weighted by Gasteiger charge is 2.25. The normalized spacial score (nSPS) is 13.8. The summed E-state index contributed by atoms with van der Waals surface area (Å²) >= 11 is 1.69. The number of nitro groups is 1. The SMILES string of the molecule is O=C(O)c1cc([N+](=O)[O-])cnc1N1CCc2sccc2C1. The van der Waals surface area contributed by atoms with Gasteiger partial charge in [-0.25, -0.2) is 9.78 Å². The van der Waals surface area contributed by atoms with Gasteiger partial charge >= 0.3 is 5.97 Å². The number of aromatic nitrogens is 1. The van der Waals surface area contributed by atoms with E-state index in [1.54, 1.807) is 11.3 Å². The maximum atomic E-state index is 11.3. The zero-order valence-electron chi connectivity index (χ0n) is 10.9. The number of carboxylic acid groups (broad SMARTS) is 1. The van der Waals surface area contributed by atoms with Crippen LogP contribution in [0.15, 0.2) is 23.7 Å². The summed E-state index contributed by atoms with van der Waals surface area (Å²) in [6.45, 7) is 1.22. The van der Waals surface area contributed by atoms with Gasteiger partial charge in [-0.15, -0.1) is 11.3 Å². The molecule has 0 spiro atoms. The van der Waals surface area contributed by atoms with Crippen molar-refractivity contribution in [2.75, 3.05) is 11.4 Å². The molecule has 1 aliphatic heterocycles. The third-order valence-electron chi connectivity index (χ3n) is 3.40. The van der Waals surface area contributed by atoms with Crippen LogP contribution in [0, 0.1) is 10.1 Å². The Morgan fingerprint density at radius 1 is 1.52 bits per heavy atom. The summed E-state index contributed by atoms with van der Waals surface area (Å²) < 4.78 is 0. The van der Waals surface area contributed by atoms with E-state index in [0.717, 1.165) is 24.2 Å². The van der Waals surface area contributed by atoms with Gasteiger partial charge in [-0.2, -0.15) is 0 Å². The summed E-state index contributed by atoms with van der Waals surface area (Å²) in [5.41, 5.74) is 0.704. The molecule has 3 heterocycles. The molecule has 1 N–H and O–H groups in total. The van der Waals surface area contributed by atoms with E-state index in [1.807, 2.05) is 16.3 Å². The average Bonchev–Trinajstić information content (AvgIpc) is 2.93. The maximum Gasteiger partial charge on any atom is 0.339 e. The number of carbonyl (C=O) groups is 1. The summed E-state index contributed by atoms with van der Waals surface area (Å²) in [7, 11) is 0. The van der Waals surface area contributed by atoms with Crippen LogP contribution in [0.25, 0.3) is 0 Å². The third-order valence-corrected chi connectivity index (χ3v) is 4.42. The number of anilines is 1. The Hall–Kier alpha value is -2.48. The van der Waals surface area contributed by atoms with Gasteiger partial charge in [0.2, 0.25) is 0 Å². The molecule has 0 saturated heterocycles. The number of fused-ring (bicyclic) bond motifs is 1. The number of carboxylic acids is 1. The Labute approximate surface area is 123 Å². The van der Waals surface area contributed by atoms with Crippen LogP contribution in [0.5, 0.6) is 0 Å². The van der Waals surface area contributed by atoms with Gasteiger partial charge in [-0.1, -0.05) is 0 Å². The largest absolute Gasteiger partial charge is 0.478 e. The van der Waals surface area contributed by atoms with Gasteiger partial charge in [0.05, 0.1) is 4.92 Å². The standard InChI is InChI=1S/C13H11N3O4S/c17-13(18)10-5-9(16(19)20)6-14-12(10)15-3-1-11-8(7-15)2-4-21-11/h2,4-6H,1,3,7H2,(H,17,18). The molecule has 2 aromatic heterocycles. The van der Waals surface area contributed by atoms with Crippen LogP contribution in [0.1, 0.15) is 20.8 Å². The van der Waals surface area contributed by atoms with Gasteiger partial charge in [0.25, 0.3) is 5.69 Å². The first-order chi connectivity index (χ1) is 10.1. The van der Waals surface area contributed by atoms with E-state index in [1.165, 1.54) is 4.88 Å². The molecule has 1 aliphatic rings. The predicted octanol–water partition coefficient (Wildman–Crippen LogP) is 2.31. The van der Waals surface area contributed by atoms with E-state index in [2.05, 4.69) is 4.98 Å². The number of hydrogen-bond acceptors (Lipinski definition) is 6. The van der Waals surface area contributed by atoms with Crippen molar-refractivity contribution >= 4 is 28.8 Å². The van der Waals surface area contributed by atoms with Crippen LogP contribution in [0.2, 0.25) is 0 Å². The molecule has 2 aromatic rings. The van der Waals surface area contributed by atoms with Crippen LogP contribution < -0.4 is 4.90 Å². The minimum absolute atomic E-state index is 0.136. The van der Waals surface area contributed by atoms with Crippen molar-refractivity contribution < 1.29 is 14.8 Å². The number of nitrogens with zero attached hydrogens (tertiary/aromatic N) is 3. The highest BCUT2D eigenvalue weighted by atomic mass is 32.1. The number of aromatic carboxylic acids is 1. The Kier molecular flexibility index (Phi) is 3.30. The first-order valence-electron chi connectivity index (χ1n) is 6.24. The van der Waals surface area contributed by atoms with Crippen LogP contribution in [-0.2, 0) is 13.0 Å². The zero-order valence-corrected chi connectivity index (χ0v) is 11.7. The van der Waals surface area contributed by atoms with E-state index in [0.29, 0.717) is 13.1 Å². The number of pyridine rings is 1. The molecule has 0 amide bonds. The van der Waals surface area contributed by atoms with Gasteiger partial charge in [-0.05, 0) is 23.4 Å². The molecular formula is C13H11N3O4S. The smallest absolute Gasteiger partial charge is 0.339 e. The topological polar surface area (TPSA) is 96.6 Å². The molecule has 0 radical (unpaired) electrons. The number of hydrogen-bond donors (Lipinski definition) is 1. The second kappa shape index (κ2) is 5.13. The minimum Gasteiger partial charge on any atom is -0.478 e. The second-order valence-corrected chi connectivity index (χ2v) is 5.67. The van der Waals surface area contributed by atoms with Crippen LogP contribution in [0.3, 0.4) is 0 Å². The number of thiophene rings is 1. The van der Waals surface area contributed by atoms with E-state index >= 15 is 0 Å². The Bertz CT molecular complexity index is 728. The summed E-state index contributed by atoms with van der Waals surface area (Å²) in [6.07, 6.45) is 1.93. The van der Waals surface area contributed by atoms with Crippen molar-refractivity contribution in [3.8, 4) is 0 Å². The summed E-state index contributed by atoms with van der Waals surface area (Å²) in [5, 5.41) is 22.0. The van der Waals surface area contributed by atoms with Gasteiger partial charge < -0.3 is 10.0 Å². The lowest BCUT2D eigenvalue weighted by molar-refractivity contribution is -0.385. The summed E-state index contributed by atoms with van der Waals surface area (Å²) in [4.78, 5) is 28.6. The Morgan fingerprint density at radius 3 is 3.05 bits per heavy atom. The molecule has 108 valence electrons. The fourth-order valence-corrected chi connectivity index (χ4v) is 3.27. The fraction of sp³-hybridized carbons (Fsp3) is 0.231. The summed E-state index contributed by atoms with van der Waals surface area (Å²) in [6, 6.07) is 3.08. The Morgan fingerprint density at radius 2 is 2.33 bits per heavy atom. The fourth-order valence-electron chi connectivity index (χ4n) is 2.38. The van der Waals surface area contributed by atoms with Crippen molar-refractivity contribution in [3.63, 3.8) is 0 Å². The van der Waals surface area contributed by atoms with Crippen LogP contribution in [-0.4, -0.2) is 27.5 Å². The third kappa shape index (κ3) is 2.45. The Balaban J connectivity index is 1.99. The highest BCUT2D eigenvalue weighted by molar-refractivity contribution is 7.10. The zero-order chi connectivity index (χ0) is 15.0. The molecule has 21 heavy (non-hydrogen) atoms. The average molecular weight is 305 g/mol. The molecule has 0 atom stereocenters. The number of rotatable bonds is 3. The molecule has 8 heteroatoms. The molecule has 0 aliphatic carbocycles. The molecule has 0 saturated carbocycles. The molecular weight excluding hydrogens is 294 g/mol. The van der Waals surface area contributed by atoms with Gasteiger partial charge in [0.1, 0.15) is 17.6 Å². The molecule has 3 rings (SSSR count). The van der Waals surface area contributed by atoms with Crippen molar-refractivity contribution in [1.29, 1.82) is 0 Å². The molecule has 0 bridgehead atoms. The summed E-state index contributed by atoms with van der Waals surface area (Å²) in [5.74, 6) is -0.928. The van der Waals surface area contributed by atoms with Crippen molar-refractivity contribution in [2.24, 2.45) is 0 Å². The lowest BCUT2D eigenvalue weighted by Crippen LogP contribution is -2.31. The van der Waals surface area contributed by atoms with Crippen LogP contribution in [0.4, 0.5) is 11.5 Å². The maximum absolute atomic E-state index is 11.3. The molecule has 0 aromatic carbocycles. The monoisotopic (exact) mass is 305 g/mol. The van der Waals surface area contributed by atoms with E-state index < -0.39 is 10.9 Å². The van der Waals surface area contributed by atoms with Gasteiger partial charge in [0.15, 0.2) is 0 Å². The molecule has 0 unspecified atom stereocenters. The van der Waals surface area contributed by atoms with E-state index in [-0.39, 0.29) is 17.1 Å². The van der Waals surface area contributed by atoms with Crippen molar-refractivity contribution in [2.45, 2.75) is 13.0 Å². The first kappa shape index (κ1) is 13.5. The van der Waals surface area contributed by atoms with E-state index in [4.69, 9.17) is 0 Å². The minimum atomic E-state index is -1.21. The predicted molar refractivity (Wildman–Crippen MR) is 76.9 cm³/mol. The van der Waals surface area contributed by atoms with Crippen molar-refractivity contribution in [3.05, 3.63) is 49.8 Å². The highest BCUT2D eigenvalue weighted by Crippen LogP contribution is 2.29. The second-order valence-electron chi connectivity index (χ2n) is 4.67. The molecule has 7 nitrogen and oxygen atoms in total. The lowest BCUT2D eigenvalue weighted by atomic mass is 10.1. The van der Waals surface area contributed by atoms with Crippen LogP contribution >= 0.6 is 11.3 Å². The van der Waals surface area contributed by atoms with Gasteiger partial charge in [-0.3, -0.25) is 10.1 Å². The van der Waals surface area contributed by atoms with Crippen molar-refractivity contribution in [1.82, 2.24) is 4.98 Å². The van der Waals surface area contributed by atoms with Gasteiger partial charge in [0, 0.05) is 24.0 Å². The quantitative estimate of drug-likeness (QED) is 0.690. The van der Waals surface area contributed by atoms with E-state index in [9.17, 15) is 20.0 Å². The lowest BCUT2D eigenvalue weighted by Gasteiger charge is -2.28. The first-order valence-corrected chi connectivity index (χ1v) is 7.12. The molecule has 0 fully saturated rings.